The minimum absolute atomic E-state index is 0.0245. The molecule has 126 valence electrons. The summed E-state index contributed by atoms with van der Waals surface area (Å²) in [7, 11) is 0. The fraction of sp³-hybridized carbons (Fsp3) is 0.263. The van der Waals surface area contributed by atoms with Crippen molar-refractivity contribution >= 4 is 17.5 Å². The maximum atomic E-state index is 12.2. The number of anilines is 1. The van der Waals surface area contributed by atoms with Crippen molar-refractivity contribution in [1.29, 1.82) is 0 Å². The van der Waals surface area contributed by atoms with E-state index in [4.69, 9.17) is 4.74 Å². The summed E-state index contributed by atoms with van der Waals surface area (Å²) in [6, 6.07) is 14.5. The SMILES string of the molecule is CCNC(=O)COc1ccc(NC(=O)c2ccc(CC)cc2)cc1. The lowest BCUT2D eigenvalue weighted by Gasteiger charge is -2.08. The van der Waals surface area contributed by atoms with Gasteiger partial charge in [-0.15, -0.1) is 0 Å². The van der Waals surface area contributed by atoms with Crippen LogP contribution in [0.2, 0.25) is 0 Å². The van der Waals surface area contributed by atoms with Crippen LogP contribution in [0.25, 0.3) is 0 Å². The van der Waals surface area contributed by atoms with E-state index in [1.807, 2.05) is 31.2 Å². The molecule has 2 aromatic carbocycles. The first kappa shape index (κ1) is 17.5. The van der Waals surface area contributed by atoms with E-state index in [2.05, 4.69) is 17.6 Å². The Kier molecular flexibility index (Phi) is 6.37. The first-order chi connectivity index (χ1) is 11.6. The third-order valence-corrected chi connectivity index (χ3v) is 3.48. The molecule has 0 bridgehead atoms. The van der Waals surface area contributed by atoms with Crippen molar-refractivity contribution in [1.82, 2.24) is 5.32 Å². The van der Waals surface area contributed by atoms with Crippen molar-refractivity contribution in [3.8, 4) is 5.75 Å². The summed E-state index contributed by atoms with van der Waals surface area (Å²) in [5.41, 5.74) is 2.48. The van der Waals surface area contributed by atoms with E-state index >= 15 is 0 Å². The van der Waals surface area contributed by atoms with E-state index in [1.165, 1.54) is 5.56 Å². The molecule has 0 saturated carbocycles. The highest BCUT2D eigenvalue weighted by molar-refractivity contribution is 6.04. The Morgan fingerprint density at radius 3 is 2.21 bits per heavy atom. The average molecular weight is 326 g/mol. The fourth-order valence-corrected chi connectivity index (χ4v) is 2.13. The van der Waals surface area contributed by atoms with Gasteiger partial charge >= 0.3 is 0 Å². The minimum atomic E-state index is -0.162. The second kappa shape index (κ2) is 8.72. The lowest BCUT2D eigenvalue weighted by atomic mass is 10.1. The zero-order valence-corrected chi connectivity index (χ0v) is 14.0. The molecule has 2 N–H and O–H groups in total. The van der Waals surface area contributed by atoms with Gasteiger partial charge in [0.25, 0.3) is 11.8 Å². The van der Waals surface area contributed by atoms with Gasteiger partial charge in [-0.1, -0.05) is 19.1 Å². The summed E-state index contributed by atoms with van der Waals surface area (Å²) in [4.78, 5) is 23.5. The molecule has 5 heteroatoms. The van der Waals surface area contributed by atoms with Crippen LogP contribution in [0.4, 0.5) is 5.69 Å². The predicted octanol–water partition coefficient (Wildman–Crippen LogP) is 3.02. The van der Waals surface area contributed by atoms with Gasteiger partial charge in [0.1, 0.15) is 5.75 Å². The number of benzene rings is 2. The van der Waals surface area contributed by atoms with Crippen molar-refractivity contribution in [3.05, 3.63) is 59.7 Å². The Morgan fingerprint density at radius 2 is 1.62 bits per heavy atom. The number of hydrogen-bond acceptors (Lipinski definition) is 3. The summed E-state index contributed by atoms with van der Waals surface area (Å²) >= 11 is 0. The molecule has 0 heterocycles. The maximum Gasteiger partial charge on any atom is 0.257 e. The summed E-state index contributed by atoms with van der Waals surface area (Å²) < 4.78 is 5.37. The number of carbonyl (C=O) groups is 2. The van der Waals surface area contributed by atoms with Gasteiger partial charge in [0.05, 0.1) is 0 Å². The summed E-state index contributed by atoms with van der Waals surface area (Å²) in [5.74, 6) is 0.255. The number of likely N-dealkylation sites (N-methyl/N-ethyl adjacent to an activating group) is 1. The predicted molar refractivity (Wildman–Crippen MR) is 94.4 cm³/mol. The van der Waals surface area contributed by atoms with E-state index < -0.39 is 0 Å². The number of nitrogens with one attached hydrogen (secondary N) is 2. The largest absolute Gasteiger partial charge is 0.484 e. The van der Waals surface area contributed by atoms with Gasteiger partial charge in [0.15, 0.2) is 6.61 Å². The fourth-order valence-electron chi connectivity index (χ4n) is 2.13. The van der Waals surface area contributed by atoms with E-state index in [-0.39, 0.29) is 18.4 Å². The number of aryl methyl sites for hydroxylation is 1. The summed E-state index contributed by atoms with van der Waals surface area (Å²) in [5, 5.41) is 5.49. The monoisotopic (exact) mass is 326 g/mol. The zero-order valence-electron chi connectivity index (χ0n) is 14.0. The Morgan fingerprint density at radius 1 is 0.958 bits per heavy atom. The van der Waals surface area contributed by atoms with E-state index in [0.29, 0.717) is 23.5 Å². The second-order valence-electron chi connectivity index (χ2n) is 5.27. The van der Waals surface area contributed by atoms with Crippen LogP contribution in [0.15, 0.2) is 48.5 Å². The molecule has 0 saturated heterocycles. The van der Waals surface area contributed by atoms with Crippen LogP contribution in [0.1, 0.15) is 29.8 Å². The molecule has 24 heavy (non-hydrogen) atoms. The van der Waals surface area contributed by atoms with Crippen LogP contribution >= 0.6 is 0 Å². The number of hydrogen-bond donors (Lipinski definition) is 2. The van der Waals surface area contributed by atoms with Gasteiger partial charge < -0.3 is 15.4 Å². The molecule has 0 unspecified atom stereocenters. The Hall–Kier alpha value is -2.82. The van der Waals surface area contributed by atoms with Crippen molar-refractivity contribution in [3.63, 3.8) is 0 Å². The highest BCUT2D eigenvalue weighted by atomic mass is 16.5. The number of ether oxygens (including phenoxy) is 1. The molecule has 0 spiro atoms. The standard InChI is InChI=1S/C19H22N2O3/c1-3-14-5-7-15(8-6-14)19(23)21-16-9-11-17(12-10-16)24-13-18(22)20-4-2/h5-12H,3-4,13H2,1-2H3,(H,20,22)(H,21,23). The minimum Gasteiger partial charge on any atom is -0.484 e. The van der Waals surface area contributed by atoms with Crippen LogP contribution in [-0.4, -0.2) is 25.0 Å². The highest BCUT2D eigenvalue weighted by Gasteiger charge is 2.06. The summed E-state index contributed by atoms with van der Waals surface area (Å²) in [6.07, 6.45) is 0.944. The normalized spacial score (nSPS) is 10.1. The topological polar surface area (TPSA) is 67.4 Å². The summed E-state index contributed by atoms with van der Waals surface area (Å²) in [6.45, 7) is 4.48. The smallest absolute Gasteiger partial charge is 0.257 e. The number of amides is 2. The van der Waals surface area contributed by atoms with E-state index in [1.54, 1.807) is 24.3 Å². The van der Waals surface area contributed by atoms with Crippen LogP contribution in [-0.2, 0) is 11.2 Å². The van der Waals surface area contributed by atoms with Gasteiger partial charge in [0, 0.05) is 17.8 Å². The van der Waals surface area contributed by atoms with E-state index in [0.717, 1.165) is 6.42 Å². The highest BCUT2D eigenvalue weighted by Crippen LogP contribution is 2.16. The molecule has 0 radical (unpaired) electrons. The third-order valence-electron chi connectivity index (χ3n) is 3.48. The van der Waals surface area contributed by atoms with E-state index in [9.17, 15) is 9.59 Å². The Balaban J connectivity index is 1.90. The second-order valence-corrected chi connectivity index (χ2v) is 5.27. The molecular formula is C19H22N2O3. The van der Waals surface area contributed by atoms with Gasteiger partial charge in [-0.2, -0.15) is 0 Å². The Labute approximate surface area is 142 Å². The van der Waals surface area contributed by atoms with Crippen molar-refractivity contribution in [2.75, 3.05) is 18.5 Å². The molecule has 2 amide bonds. The van der Waals surface area contributed by atoms with Crippen molar-refractivity contribution in [2.24, 2.45) is 0 Å². The molecule has 0 fully saturated rings. The van der Waals surface area contributed by atoms with Crippen LogP contribution in [0.5, 0.6) is 5.75 Å². The lowest BCUT2D eigenvalue weighted by molar-refractivity contribution is -0.122. The molecule has 5 nitrogen and oxygen atoms in total. The number of carbonyl (C=O) groups excluding carboxylic acids is 2. The third kappa shape index (κ3) is 5.12. The van der Waals surface area contributed by atoms with Crippen LogP contribution in [0.3, 0.4) is 0 Å². The number of rotatable bonds is 7. The maximum absolute atomic E-state index is 12.2. The molecule has 2 rings (SSSR count). The van der Waals surface area contributed by atoms with Gasteiger partial charge in [-0.25, -0.2) is 0 Å². The molecule has 0 aromatic heterocycles. The molecule has 0 aliphatic carbocycles. The van der Waals surface area contributed by atoms with Gasteiger partial charge in [-0.05, 0) is 55.3 Å². The van der Waals surface area contributed by atoms with Crippen LogP contribution < -0.4 is 15.4 Å². The first-order valence-corrected chi connectivity index (χ1v) is 8.02. The molecule has 0 aliphatic rings. The molecule has 2 aromatic rings. The molecule has 0 atom stereocenters. The van der Waals surface area contributed by atoms with Crippen LogP contribution in [0, 0.1) is 0 Å². The lowest BCUT2D eigenvalue weighted by Crippen LogP contribution is -2.28. The molecule has 0 aliphatic heterocycles. The molecular weight excluding hydrogens is 304 g/mol. The quantitative estimate of drug-likeness (QED) is 0.822. The first-order valence-electron chi connectivity index (χ1n) is 8.02. The zero-order chi connectivity index (χ0) is 17.4. The van der Waals surface area contributed by atoms with Gasteiger partial charge in [-0.3, -0.25) is 9.59 Å². The van der Waals surface area contributed by atoms with Gasteiger partial charge in [0.2, 0.25) is 0 Å². The van der Waals surface area contributed by atoms with Crippen molar-refractivity contribution in [2.45, 2.75) is 20.3 Å². The Bertz CT molecular complexity index is 679. The van der Waals surface area contributed by atoms with Crippen molar-refractivity contribution < 1.29 is 14.3 Å². The average Bonchev–Trinajstić information content (AvgIpc) is 2.61.